The Morgan fingerprint density at radius 3 is 2.74 bits per heavy atom. The van der Waals surface area contributed by atoms with Gasteiger partial charge in [0.05, 0.1) is 0 Å². The molecule has 1 unspecified atom stereocenters. The highest BCUT2D eigenvalue weighted by Crippen LogP contribution is 2.34. The van der Waals surface area contributed by atoms with E-state index in [0.29, 0.717) is 5.75 Å². The molecule has 0 amide bonds. The summed E-state index contributed by atoms with van der Waals surface area (Å²) in [5.74, 6) is 0.891. The molecule has 2 aromatic carbocycles. The minimum atomic E-state index is -0.471. The zero-order valence-corrected chi connectivity index (χ0v) is 15.2. The summed E-state index contributed by atoms with van der Waals surface area (Å²) in [4.78, 5) is 12.1. The van der Waals surface area contributed by atoms with Gasteiger partial charge in [-0.15, -0.1) is 0 Å². The van der Waals surface area contributed by atoms with Gasteiger partial charge in [-0.3, -0.25) is 0 Å². The fraction of sp³-hybridized carbons (Fsp3) is 0.318. The Hall–Kier alpha value is -2.82. The van der Waals surface area contributed by atoms with Crippen molar-refractivity contribution >= 4 is 16.9 Å². The first kappa shape index (κ1) is 17.6. The first-order valence-electron chi connectivity index (χ1n) is 9.22. The predicted molar refractivity (Wildman–Crippen MR) is 99.3 cm³/mol. The molecular weight excluding hydrogens is 347 g/mol. The number of esters is 1. The minimum Gasteiger partial charge on any atom is -0.482 e. The Balaban J connectivity index is 1.39. The van der Waals surface area contributed by atoms with Crippen molar-refractivity contribution in [2.75, 3.05) is 6.61 Å². The molecular formula is C22H21FO4. The van der Waals surface area contributed by atoms with Crippen molar-refractivity contribution < 1.29 is 23.1 Å². The van der Waals surface area contributed by atoms with Crippen molar-refractivity contribution in [3.05, 3.63) is 65.2 Å². The summed E-state index contributed by atoms with van der Waals surface area (Å²) in [5, 5.41) is 1.07. The lowest BCUT2D eigenvalue weighted by Gasteiger charge is -2.14. The Labute approximate surface area is 156 Å². The third-order valence-electron chi connectivity index (χ3n) is 4.93. The van der Waals surface area contributed by atoms with E-state index in [1.54, 1.807) is 25.1 Å². The van der Waals surface area contributed by atoms with Crippen molar-refractivity contribution in [3.8, 4) is 5.75 Å². The normalized spacial score (nSPS) is 14.6. The van der Waals surface area contributed by atoms with Crippen LogP contribution in [0.15, 0.2) is 46.9 Å². The number of furan rings is 1. The molecule has 0 aliphatic heterocycles. The van der Waals surface area contributed by atoms with E-state index in [1.165, 1.54) is 24.1 Å². The SMILES string of the molecule is CC(OC(=O)COc1ccc2oc3c(c2c1)CCCC3)c1ccc(F)cc1. The number of halogens is 1. The molecule has 0 radical (unpaired) electrons. The maximum Gasteiger partial charge on any atom is 0.344 e. The molecule has 5 heteroatoms. The molecule has 1 aliphatic rings. The summed E-state index contributed by atoms with van der Waals surface area (Å²) in [5.41, 5.74) is 2.85. The number of hydrogen-bond acceptors (Lipinski definition) is 4. The lowest BCUT2D eigenvalue weighted by molar-refractivity contribution is -0.151. The van der Waals surface area contributed by atoms with E-state index in [2.05, 4.69) is 0 Å². The van der Waals surface area contributed by atoms with E-state index < -0.39 is 12.1 Å². The molecule has 4 nitrogen and oxygen atoms in total. The molecule has 0 saturated heterocycles. The minimum absolute atomic E-state index is 0.183. The molecule has 0 N–H and O–H groups in total. The van der Waals surface area contributed by atoms with E-state index in [-0.39, 0.29) is 12.4 Å². The average Bonchev–Trinajstić information content (AvgIpc) is 3.05. The average molecular weight is 368 g/mol. The van der Waals surface area contributed by atoms with Gasteiger partial charge in [0.15, 0.2) is 6.61 Å². The van der Waals surface area contributed by atoms with E-state index >= 15 is 0 Å². The summed E-state index contributed by atoms with van der Waals surface area (Å²) in [6, 6.07) is 11.5. The first-order valence-corrected chi connectivity index (χ1v) is 9.22. The number of benzene rings is 2. The smallest absolute Gasteiger partial charge is 0.344 e. The molecule has 140 valence electrons. The molecule has 0 fully saturated rings. The standard InChI is InChI=1S/C22H21FO4/c1-14(15-6-8-16(23)9-7-15)26-22(24)13-25-17-10-11-21-19(12-17)18-4-2-3-5-20(18)27-21/h6-12,14H,2-5,13H2,1H3. The van der Waals surface area contributed by atoms with Gasteiger partial charge in [0, 0.05) is 17.4 Å². The number of fused-ring (bicyclic) bond motifs is 3. The molecule has 1 aromatic heterocycles. The van der Waals surface area contributed by atoms with Crippen molar-refractivity contribution in [1.29, 1.82) is 0 Å². The van der Waals surface area contributed by atoms with E-state index in [1.807, 2.05) is 12.1 Å². The largest absolute Gasteiger partial charge is 0.482 e. The van der Waals surface area contributed by atoms with Crippen LogP contribution in [0.3, 0.4) is 0 Å². The Bertz CT molecular complexity index is 958. The van der Waals surface area contributed by atoms with Crippen LogP contribution in [0, 0.1) is 5.82 Å². The zero-order chi connectivity index (χ0) is 18.8. The number of carbonyl (C=O) groups is 1. The second-order valence-corrected chi connectivity index (χ2v) is 6.84. The fourth-order valence-electron chi connectivity index (χ4n) is 3.51. The summed E-state index contributed by atoms with van der Waals surface area (Å²) in [6.07, 6.45) is 3.86. The summed E-state index contributed by atoms with van der Waals surface area (Å²) in [7, 11) is 0. The molecule has 1 aliphatic carbocycles. The molecule has 0 saturated carbocycles. The maximum atomic E-state index is 13.0. The monoisotopic (exact) mass is 368 g/mol. The molecule has 3 aromatic rings. The summed E-state index contributed by atoms with van der Waals surface area (Å²) < 4.78 is 29.9. The van der Waals surface area contributed by atoms with Crippen molar-refractivity contribution in [2.24, 2.45) is 0 Å². The molecule has 4 rings (SSSR count). The second-order valence-electron chi connectivity index (χ2n) is 6.84. The van der Waals surface area contributed by atoms with Crippen LogP contribution in [0.25, 0.3) is 11.0 Å². The zero-order valence-electron chi connectivity index (χ0n) is 15.2. The second kappa shape index (κ2) is 7.43. The summed E-state index contributed by atoms with van der Waals surface area (Å²) in [6.45, 7) is 1.56. The van der Waals surface area contributed by atoms with Gasteiger partial charge in [0.1, 0.15) is 29.0 Å². The third kappa shape index (κ3) is 3.82. The van der Waals surface area contributed by atoms with Gasteiger partial charge < -0.3 is 13.9 Å². The molecule has 0 bridgehead atoms. The molecule has 1 atom stereocenters. The highest BCUT2D eigenvalue weighted by Gasteiger charge is 2.18. The van der Waals surface area contributed by atoms with Crippen LogP contribution in [0.2, 0.25) is 0 Å². The Morgan fingerprint density at radius 1 is 1.15 bits per heavy atom. The van der Waals surface area contributed by atoms with E-state index in [9.17, 15) is 9.18 Å². The lowest BCUT2D eigenvalue weighted by Crippen LogP contribution is -2.17. The van der Waals surface area contributed by atoms with Crippen LogP contribution in [0.1, 0.15) is 42.8 Å². The van der Waals surface area contributed by atoms with Crippen molar-refractivity contribution in [3.63, 3.8) is 0 Å². The number of carbonyl (C=O) groups excluding carboxylic acids is 1. The molecule has 1 heterocycles. The van der Waals surface area contributed by atoms with Crippen LogP contribution >= 0.6 is 0 Å². The van der Waals surface area contributed by atoms with Crippen molar-refractivity contribution in [1.82, 2.24) is 0 Å². The van der Waals surface area contributed by atoms with Gasteiger partial charge in [0.2, 0.25) is 0 Å². The van der Waals surface area contributed by atoms with E-state index in [4.69, 9.17) is 13.9 Å². The van der Waals surface area contributed by atoms with Gasteiger partial charge in [0.25, 0.3) is 0 Å². The van der Waals surface area contributed by atoms with E-state index in [0.717, 1.165) is 41.6 Å². The molecule has 0 spiro atoms. The number of rotatable bonds is 5. The van der Waals surface area contributed by atoms with Crippen LogP contribution in [0.5, 0.6) is 5.75 Å². The highest BCUT2D eigenvalue weighted by molar-refractivity contribution is 5.84. The topological polar surface area (TPSA) is 48.7 Å². The summed E-state index contributed by atoms with van der Waals surface area (Å²) >= 11 is 0. The Morgan fingerprint density at radius 2 is 1.93 bits per heavy atom. The van der Waals surface area contributed by atoms with Gasteiger partial charge in [-0.2, -0.15) is 0 Å². The van der Waals surface area contributed by atoms with Crippen molar-refractivity contribution in [2.45, 2.75) is 38.7 Å². The van der Waals surface area contributed by atoms with Gasteiger partial charge in [-0.1, -0.05) is 12.1 Å². The lowest BCUT2D eigenvalue weighted by atomic mass is 9.96. The first-order chi connectivity index (χ1) is 13.1. The van der Waals surface area contributed by atoms with Crippen LogP contribution in [-0.4, -0.2) is 12.6 Å². The van der Waals surface area contributed by atoms with Gasteiger partial charge >= 0.3 is 5.97 Å². The number of hydrogen-bond donors (Lipinski definition) is 0. The quantitative estimate of drug-likeness (QED) is 0.586. The predicted octanol–water partition coefficient (Wildman–Crippen LogP) is 5.13. The fourth-order valence-corrected chi connectivity index (χ4v) is 3.51. The van der Waals surface area contributed by atoms with Gasteiger partial charge in [-0.05, 0) is 62.1 Å². The third-order valence-corrected chi connectivity index (χ3v) is 4.93. The van der Waals surface area contributed by atoms with Crippen LogP contribution in [0.4, 0.5) is 4.39 Å². The molecule has 27 heavy (non-hydrogen) atoms. The maximum absolute atomic E-state index is 13.0. The number of aryl methyl sites for hydroxylation is 2. The van der Waals surface area contributed by atoms with Crippen LogP contribution in [-0.2, 0) is 22.4 Å². The number of ether oxygens (including phenoxy) is 2. The Kier molecular flexibility index (Phi) is 4.84. The highest BCUT2D eigenvalue weighted by atomic mass is 19.1. The van der Waals surface area contributed by atoms with Gasteiger partial charge in [-0.25, -0.2) is 9.18 Å². The van der Waals surface area contributed by atoms with Crippen LogP contribution < -0.4 is 4.74 Å².